The van der Waals surface area contributed by atoms with Crippen molar-refractivity contribution in [1.29, 1.82) is 0 Å². The van der Waals surface area contributed by atoms with E-state index in [2.05, 4.69) is 10.4 Å². The Hall–Kier alpha value is -2.06. The molecule has 1 aliphatic carbocycles. The van der Waals surface area contributed by atoms with Crippen molar-refractivity contribution in [2.45, 2.75) is 70.6 Å². The molecule has 2 rings (SSSR count). The van der Waals surface area contributed by atoms with E-state index in [1.807, 2.05) is 0 Å². The highest BCUT2D eigenvalue weighted by molar-refractivity contribution is 5.88. The van der Waals surface area contributed by atoms with Crippen LogP contribution >= 0.6 is 0 Å². The van der Waals surface area contributed by atoms with Crippen LogP contribution in [0, 0.1) is 13.8 Å². The van der Waals surface area contributed by atoms with E-state index in [0.29, 0.717) is 36.9 Å². The molecule has 9 heteroatoms. The SMILES string of the molecule is Cc1nn(CC(F)(F)F)c(C)c1CC(=O)NC1(C(=O)O)CCCCC1. The zero-order valence-corrected chi connectivity index (χ0v) is 14.2. The highest BCUT2D eigenvalue weighted by atomic mass is 19.4. The van der Waals surface area contributed by atoms with Gasteiger partial charge in [-0.3, -0.25) is 9.48 Å². The topological polar surface area (TPSA) is 84.2 Å². The molecule has 1 heterocycles. The summed E-state index contributed by atoms with van der Waals surface area (Å²) in [7, 11) is 0. The molecule has 0 radical (unpaired) electrons. The van der Waals surface area contributed by atoms with E-state index in [-0.39, 0.29) is 12.1 Å². The first-order chi connectivity index (χ1) is 11.5. The molecule has 1 aliphatic rings. The number of carbonyl (C=O) groups is 2. The van der Waals surface area contributed by atoms with E-state index in [1.165, 1.54) is 13.8 Å². The van der Waals surface area contributed by atoms with Crippen molar-refractivity contribution < 1.29 is 27.9 Å². The van der Waals surface area contributed by atoms with Gasteiger partial charge < -0.3 is 10.4 Å². The molecule has 25 heavy (non-hydrogen) atoms. The van der Waals surface area contributed by atoms with E-state index >= 15 is 0 Å². The van der Waals surface area contributed by atoms with E-state index in [1.54, 1.807) is 0 Å². The summed E-state index contributed by atoms with van der Waals surface area (Å²) in [5, 5.41) is 15.9. The Bertz CT molecular complexity index is 662. The number of rotatable bonds is 5. The summed E-state index contributed by atoms with van der Waals surface area (Å²) in [5.41, 5.74) is -0.278. The molecule has 1 aromatic rings. The summed E-state index contributed by atoms with van der Waals surface area (Å²) in [5.74, 6) is -1.58. The third-order valence-electron chi connectivity index (χ3n) is 4.69. The third kappa shape index (κ3) is 4.52. The number of hydrogen-bond donors (Lipinski definition) is 2. The standard InChI is InChI=1S/C16H22F3N3O3/c1-10-12(11(2)22(21-10)9-16(17,18)19)8-13(23)20-15(14(24)25)6-4-3-5-7-15/h3-9H2,1-2H3,(H,20,23)(H,24,25). The van der Waals surface area contributed by atoms with Crippen molar-refractivity contribution in [3.63, 3.8) is 0 Å². The fourth-order valence-electron chi connectivity index (χ4n) is 3.33. The first-order valence-corrected chi connectivity index (χ1v) is 8.18. The zero-order chi connectivity index (χ0) is 18.8. The van der Waals surface area contributed by atoms with Crippen LogP contribution in [-0.2, 0) is 22.6 Å². The molecular weight excluding hydrogens is 339 g/mol. The number of nitrogens with zero attached hydrogens (tertiary/aromatic N) is 2. The van der Waals surface area contributed by atoms with E-state index in [4.69, 9.17) is 0 Å². The smallest absolute Gasteiger partial charge is 0.408 e. The summed E-state index contributed by atoms with van der Waals surface area (Å²) >= 11 is 0. The van der Waals surface area contributed by atoms with Crippen molar-refractivity contribution in [3.05, 3.63) is 17.0 Å². The van der Waals surface area contributed by atoms with Crippen LogP contribution in [0.15, 0.2) is 0 Å². The largest absolute Gasteiger partial charge is 0.480 e. The van der Waals surface area contributed by atoms with Gasteiger partial charge in [0.15, 0.2) is 0 Å². The predicted molar refractivity (Wildman–Crippen MR) is 83.1 cm³/mol. The van der Waals surface area contributed by atoms with Crippen LogP contribution in [0.5, 0.6) is 0 Å². The lowest BCUT2D eigenvalue weighted by molar-refractivity contribution is -0.149. The lowest BCUT2D eigenvalue weighted by Crippen LogP contribution is -2.56. The summed E-state index contributed by atoms with van der Waals surface area (Å²) in [4.78, 5) is 24.0. The molecule has 0 spiro atoms. The number of carboxylic acids is 1. The Labute approximate surface area is 143 Å². The van der Waals surface area contributed by atoms with Crippen LogP contribution in [0.3, 0.4) is 0 Å². The minimum atomic E-state index is -4.40. The van der Waals surface area contributed by atoms with Gasteiger partial charge in [0.05, 0.1) is 12.1 Å². The Morgan fingerprint density at radius 2 is 1.84 bits per heavy atom. The summed E-state index contributed by atoms with van der Waals surface area (Å²) in [6.07, 6.45) is -1.52. The number of alkyl halides is 3. The van der Waals surface area contributed by atoms with Crippen molar-refractivity contribution in [1.82, 2.24) is 15.1 Å². The second-order valence-corrected chi connectivity index (χ2v) is 6.60. The van der Waals surface area contributed by atoms with Crippen LogP contribution < -0.4 is 5.32 Å². The van der Waals surface area contributed by atoms with Gasteiger partial charge in [-0.2, -0.15) is 18.3 Å². The van der Waals surface area contributed by atoms with E-state index in [0.717, 1.165) is 11.1 Å². The third-order valence-corrected chi connectivity index (χ3v) is 4.69. The van der Waals surface area contributed by atoms with E-state index in [9.17, 15) is 27.9 Å². The number of aryl methyl sites for hydroxylation is 1. The van der Waals surface area contributed by atoms with Gasteiger partial charge in [0.1, 0.15) is 12.1 Å². The van der Waals surface area contributed by atoms with Gasteiger partial charge in [0.25, 0.3) is 0 Å². The molecular formula is C16H22F3N3O3. The molecule has 2 N–H and O–H groups in total. The first-order valence-electron chi connectivity index (χ1n) is 8.18. The normalized spacial score (nSPS) is 17.3. The van der Waals surface area contributed by atoms with Crippen molar-refractivity contribution in [3.8, 4) is 0 Å². The molecule has 1 fully saturated rings. The Balaban J connectivity index is 2.14. The van der Waals surface area contributed by atoms with Crippen molar-refractivity contribution in [2.24, 2.45) is 0 Å². The summed E-state index contributed by atoms with van der Waals surface area (Å²) in [6, 6.07) is 0. The predicted octanol–water partition coefficient (Wildman–Crippen LogP) is 2.51. The molecule has 0 unspecified atom stereocenters. The van der Waals surface area contributed by atoms with Gasteiger partial charge in [-0.1, -0.05) is 19.3 Å². The number of aliphatic carboxylic acids is 1. The monoisotopic (exact) mass is 361 g/mol. The minimum Gasteiger partial charge on any atom is -0.480 e. The maximum atomic E-state index is 12.6. The van der Waals surface area contributed by atoms with E-state index < -0.39 is 30.1 Å². The first kappa shape index (κ1) is 19.3. The number of carbonyl (C=O) groups excluding carboxylic acids is 1. The van der Waals surface area contributed by atoms with Crippen LogP contribution in [0.2, 0.25) is 0 Å². The second kappa shape index (κ2) is 7.05. The molecule has 0 aromatic carbocycles. The zero-order valence-electron chi connectivity index (χ0n) is 14.2. The molecule has 0 saturated heterocycles. The molecule has 1 amide bonds. The fraction of sp³-hybridized carbons (Fsp3) is 0.688. The lowest BCUT2D eigenvalue weighted by atomic mass is 9.81. The number of nitrogens with one attached hydrogen (secondary N) is 1. The van der Waals surface area contributed by atoms with Gasteiger partial charge in [-0.25, -0.2) is 4.79 Å². The van der Waals surface area contributed by atoms with Gasteiger partial charge in [-0.15, -0.1) is 0 Å². The van der Waals surface area contributed by atoms with Crippen LogP contribution in [-0.4, -0.2) is 38.5 Å². The molecule has 0 bridgehead atoms. The Kier molecular flexibility index (Phi) is 5.43. The number of carboxylic acid groups (broad SMARTS) is 1. The molecule has 140 valence electrons. The average molecular weight is 361 g/mol. The van der Waals surface area contributed by atoms with Gasteiger partial charge >= 0.3 is 12.1 Å². The Morgan fingerprint density at radius 1 is 1.24 bits per heavy atom. The molecule has 1 aromatic heterocycles. The number of aromatic nitrogens is 2. The molecule has 6 nitrogen and oxygen atoms in total. The Morgan fingerprint density at radius 3 is 2.36 bits per heavy atom. The number of hydrogen-bond acceptors (Lipinski definition) is 3. The van der Waals surface area contributed by atoms with Gasteiger partial charge in [-0.05, 0) is 26.7 Å². The maximum absolute atomic E-state index is 12.6. The van der Waals surface area contributed by atoms with Crippen LogP contribution in [0.1, 0.15) is 49.1 Å². The minimum absolute atomic E-state index is 0.190. The number of halogens is 3. The lowest BCUT2D eigenvalue weighted by Gasteiger charge is -2.34. The van der Waals surface area contributed by atoms with Crippen molar-refractivity contribution >= 4 is 11.9 Å². The maximum Gasteiger partial charge on any atom is 0.408 e. The summed E-state index contributed by atoms with van der Waals surface area (Å²) in [6.45, 7) is 1.79. The summed E-state index contributed by atoms with van der Waals surface area (Å²) < 4.78 is 38.5. The molecule has 1 saturated carbocycles. The fourth-order valence-corrected chi connectivity index (χ4v) is 3.33. The average Bonchev–Trinajstić information content (AvgIpc) is 2.73. The highest BCUT2D eigenvalue weighted by Gasteiger charge is 2.41. The van der Waals surface area contributed by atoms with Gasteiger partial charge in [0.2, 0.25) is 5.91 Å². The molecule has 0 aliphatic heterocycles. The van der Waals surface area contributed by atoms with Crippen LogP contribution in [0.25, 0.3) is 0 Å². The number of amides is 1. The quantitative estimate of drug-likeness (QED) is 0.844. The highest BCUT2D eigenvalue weighted by Crippen LogP contribution is 2.29. The molecule has 0 atom stereocenters. The van der Waals surface area contributed by atoms with Crippen LogP contribution in [0.4, 0.5) is 13.2 Å². The van der Waals surface area contributed by atoms with Gasteiger partial charge in [0, 0.05) is 11.3 Å². The second-order valence-electron chi connectivity index (χ2n) is 6.60. The van der Waals surface area contributed by atoms with Crippen molar-refractivity contribution in [2.75, 3.05) is 0 Å².